The van der Waals surface area contributed by atoms with Crippen molar-refractivity contribution in [2.24, 2.45) is 0 Å². The number of nitrogens with zero attached hydrogens (tertiary/aromatic N) is 2. The molecule has 1 aromatic carbocycles. The van der Waals surface area contributed by atoms with E-state index in [4.69, 9.17) is 5.11 Å². The summed E-state index contributed by atoms with van der Waals surface area (Å²) in [6.07, 6.45) is 4.62. The molecule has 0 aliphatic carbocycles. The highest BCUT2D eigenvalue weighted by Crippen LogP contribution is 2.18. The minimum absolute atomic E-state index is 0.303. The van der Waals surface area contributed by atoms with Gasteiger partial charge >= 0.3 is 5.97 Å². The number of halogens is 1. The molecule has 1 aliphatic rings. The first kappa shape index (κ1) is 18.1. The zero-order chi connectivity index (χ0) is 18.4. The lowest BCUT2D eigenvalue weighted by molar-refractivity contribution is -0.134. The molecular weight excluding hydrogens is 333 g/mol. The summed E-state index contributed by atoms with van der Waals surface area (Å²) >= 11 is 0. The maximum absolute atomic E-state index is 13.1. The molecule has 0 bridgehead atoms. The highest BCUT2D eigenvalue weighted by molar-refractivity contribution is 5.89. The summed E-state index contributed by atoms with van der Waals surface area (Å²) in [5.74, 6) is -2.06. The number of aliphatic carboxylic acids is 1. The van der Waals surface area contributed by atoms with E-state index < -0.39 is 11.8 Å². The number of anilines is 1. The lowest BCUT2D eigenvalue weighted by Gasteiger charge is -2.33. The van der Waals surface area contributed by atoms with Gasteiger partial charge in [0.2, 0.25) is 5.83 Å². The number of carboxylic acids is 1. The van der Waals surface area contributed by atoms with Gasteiger partial charge in [-0.15, -0.1) is 0 Å². The molecule has 2 N–H and O–H groups in total. The first-order chi connectivity index (χ1) is 12.6. The molecule has 0 radical (unpaired) electrons. The van der Waals surface area contributed by atoms with Crippen molar-refractivity contribution >= 4 is 17.9 Å². The Morgan fingerprint density at radius 3 is 2.81 bits per heavy atom. The highest BCUT2D eigenvalue weighted by atomic mass is 19.1. The molecule has 26 heavy (non-hydrogen) atoms. The number of likely N-dealkylation sites (tertiary alicyclic amines) is 1. The second-order valence-corrected chi connectivity index (χ2v) is 6.48. The molecule has 0 amide bonds. The van der Waals surface area contributed by atoms with Gasteiger partial charge in [0.25, 0.3) is 0 Å². The Hall–Kier alpha value is -2.73. The fourth-order valence-electron chi connectivity index (χ4n) is 3.15. The van der Waals surface area contributed by atoms with Crippen LogP contribution in [0, 0.1) is 0 Å². The van der Waals surface area contributed by atoms with Crippen molar-refractivity contribution in [3.8, 4) is 0 Å². The largest absolute Gasteiger partial charge is 0.476 e. The second kappa shape index (κ2) is 8.58. The zero-order valence-corrected chi connectivity index (χ0v) is 14.4. The van der Waals surface area contributed by atoms with Crippen LogP contribution in [0.5, 0.6) is 0 Å². The lowest BCUT2D eigenvalue weighted by Crippen LogP contribution is -2.41. The Bertz CT molecular complexity index is 762. The van der Waals surface area contributed by atoms with Crippen molar-refractivity contribution in [3.05, 3.63) is 65.6 Å². The molecular formula is C20H22FN3O2. The number of benzene rings is 1. The topological polar surface area (TPSA) is 65.5 Å². The van der Waals surface area contributed by atoms with E-state index in [0.29, 0.717) is 17.4 Å². The van der Waals surface area contributed by atoms with E-state index in [1.807, 2.05) is 6.07 Å². The molecule has 3 rings (SSSR count). The Balaban J connectivity index is 1.56. The number of carbonyl (C=O) groups is 1. The number of piperidine rings is 1. The second-order valence-electron chi connectivity index (χ2n) is 6.48. The standard InChI is InChI=1S/C20H22FN3O2/c21-18(20(25)26)11-16-8-9-19(22-12-16)23-17-7-4-10-24(14-17)13-15-5-2-1-3-6-15/h1-3,5-6,8-9,11-12,17H,4,7,10,13-14H2,(H,22,23)(H,25,26)/b18-11+/t17-/m1/s1. The molecule has 0 saturated carbocycles. The minimum Gasteiger partial charge on any atom is -0.476 e. The molecule has 2 aromatic rings. The van der Waals surface area contributed by atoms with Crippen LogP contribution in [-0.4, -0.2) is 40.1 Å². The van der Waals surface area contributed by atoms with E-state index in [9.17, 15) is 9.18 Å². The van der Waals surface area contributed by atoms with Crippen LogP contribution in [0.15, 0.2) is 54.5 Å². The summed E-state index contributed by atoms with van der Waals surface area (Å²) in [4.78, 5) is 17.2. The third-order valence-corrected chi connectivity index (χ3v) is 4.39. The first-order valence-corrected chi connectivity index (χ1v) is 8.69. The van der Waals surface area contributed by atoms with Crippen LogP contribution in [0.25, 0.3) is 6.08 Å². The first-order valence-electron chi connectivity index (χ1n) is 8.69. The summed E-state index contributed by atoms with van der Waals surface area (Å²) < 4.78 is 13.1. The number of nitrogens with one attached hydrogen (secondary N) is 1. The molecule has 0 spiro atoms. The minimum atomic E-state index is -1.58. The third-order valence-electron chi connectivity index (χ3n) is 4.39. The average Bonchev–Trinajstić information content (AvgIpc) is 2.64. The van der Waals surface area contributed by atoms with Gasteiger partial charge < -0.3 is 10.4 Å². The molecule has 1 aromatic heterocycles. The predicted octanol–water partition coefficient (Wildman–Crippen LogP) is 3.55. The Labute approximate surface area is 152 Å². The van der Waals surface area contributed by atoms with Gasteiger partial charge in [-0.1, -0.05) is 30.3 Å². The lowest BCUT2D eigenvalue weighted by atomic mass is 10.0. The van der Waals surface area contributed by atoms with Crippen molar-refractivity contribution in [2.45, 2.75) is 25.4 Å². The van der Waals surface area contributed by atoms with E-state index in [0.717, 1.165) is 38.6 Å². The average molecular weight is 355 g/mol. The van der Waals surface area contributed by atoms with E-state index in [1.54, 1.807) is 12.1 Å². The van der Waals surface area contributed by atoms with Crippen molar-refractivity contribution in [2.75, 3.05) is 18.4 Å². The molecule has 136 valence electrons. The number of hydrogen-bond donors (Lipinski definition) is 2. The predicted molar refractivity (Wildman–Crippen MR) is 99.3 cm³/mol. The fraction of sp³-hybridized carbons (Fsp3) is 0.300. The van der Waals surface area contributed by atoms with Gasteiger partial charge in [0.1, 0.15) is 5.82 Å². The number of carboxylic acid groups (broad SMARTS) is 1. The maximum atomic E-state index is 13.1. The summed E-state index contributed by atoms with van der Waals surface area (Å²) in [7, 11) is 0. The van der Waals surface area contributed by atoms with Crippen LogP contribution in [0.4, 0.5) is 10.2 Å². The van der Waals surface area contributed by atoms with Crippen molar-refractivity contribution < 1.29 is 14.3 Å². The third kappa shape index (κ3) is 5.13. The molecule has 2 heterocycles. The zero-order valence-electron chi connectivity index (χ0n) is 14.4. The van der Waals surface area contributed by atoms with Gasteiger partial charge in [-0.05, 0) is 48.7 Å². The van der Waals surface area contributed by atoms with Gasteiger partial charge in [-0.3, -0.25) is 4.90 Å². The molecule has 1 saturated heterocycles. The Kier molecular flexibility index (Phi) is 5.96. The van der Waals surface area contributed by atoms with Crippen LogP contribution in [0.3, 0.4) is 0 Å². The number of pyridine rings is 1. The maximum Gasteiger partial charge on any atom is 0.364 e. The van der Waals surface area contributed by atoms with Crippen molar-refractivity contribution in [1.82, 2.24) is 9.88 Å². The van der Waals surface area contributed by atoms with Gasteiger partial charge in [0.15, 0.2) is 0 Å². The Morgan fingerprint density at radius 1 is 1.31 bits per heavy atom. The fourth-order valence-corrected chi connectivity index (χ4v) is 3.15. The normalized spacial score (nSPS) is 18.5. The number of hydrogen-bond acceptors (Lipinski definition) is 4. The van der Waals surface area contributed by atoms with E-state index in [2.05, 4.69) is 39.5 Å². The summed E-state index contributed by atoms with van der Waals surface area (Å²) in [5, 5.41) is 12.0. The highest BCUT2D eigenvalue weighted by Gasteiger charge is 2.20. The van der Waals surface area contributed by atoms with Gasteiger partial charge in [0, 0.05) is 25.3 Å². The molecule has 6 heteroatoms. The smallest absolute Gasteiger partial charge is 0.364 e. The van der Waals surface area contributed by atoms with E-state index >= 15 is 0 Å². The van der Waals surface area contributed by atoms with Crippen molar-refractivity contribution in [1.29, 1.82) is 0 Å². The summed E-state index contributed by atoms with van der Waals surface area (Å²) in [5.41, 5.74) is 1.73. The van der Waals surface area contributed by atoms with Crippen LogP contribution < -0.4 is 5.32 Å². The van der Waals surface area contributed by atoms with Crippen LogP contribution in [0.2, 0.25) is 0 Å². The number of aromatic nitrogens is 1. The van der Waals surface area contributed by atoms with E-state index in [-0.39, 0.29) is 0 Å². The molecule has 1 atom stereocenters. The van der Waals surface area contributed by atoms with Gasteiger partial charge in [0.05, 0.1) is 0 Å². The van der Waals surface area contributed by atoms with Crippen molar-refractivity contribution in [3.63, 3.8) is 0 Å². The van der Waals surface area contributed by atoms with Gasteiger partial charge in [-0.2, -0.15) is 4.39 Å². The molecule has 0 unspecified atom stereocenters. The van der Waals surface area contributed by atoms with Crippen LogP contribution >= 0.6 is 0 Å². The van der Waals surface area contributed by atoms with Crippen LogP contribution in [-0.2, 0) is 11.3 Å². The Morgan fingerprint density at radius 2 is 2.12 bits per heavy atom. The monoisotopic (exact) mass is 355 g/mol. The molecule has 1 aliphatic heterocycles. The van der Waals surface area contributed by atoms with E-state index in [1.165, 1.54) is 11.8 Å². The SMILES string of the molecule is O=C(O)/C(F)=C\c1ccc(N[C@@H]2CCCN(Cc3ccccc3)C2)nc1. The molecule has 5 nitrogen and oxygen atoms in total. The quantitative estimate of drug-likeness (QED) is 0.776. The van der Waals surface area contributed by atoms with Crippen LogP contribution in [0.1, 0.15) is 24.0 Å². The summed E-state index contributed by atoms with van der Waals surface area (Å²) in [6.45, 7) is 2.95. The number of rotatable bonds is 6. The van der Waals surface area contributed by atoms with Gasteiger partial charge in [-0.25, -0.2) is 9.78 Å². The molecule has 1 fully saturated rings. The summed E-state index contributed by atoms with van der Waals surface area (Å²) in [6, 6.07) is 14.1.